The maximum Gasteiger partial charge on any atom is 0.471 e. The third-order valence-electron chi connectivity index (χ3n) is 5.27. The molecule has 0 aliphatic heterocycles. The van der Waals surface area contributed by atoms with Gasteiger partial charge in [-0.25, -0.2) is 13.6 Å². The topological polar surface area (TPSA) is 135 Å². The molecule has 12 heteroatoms. The molecule has 1 heterocycles. The number of aromatic amines is 1. The van der Waals surface area contributed by atoms with Gasteiger partial charge in [0.1, 0.15) is 5.69 Å². The molecular weight excluding hydrogens is 459 g/mol. The number of fused-ring (bicyclic) bond motifs is 1. The van der Waals surface area contributed by atoms with Crippen molar-refractivity contribution in [2.45, 2.75) is 37.9 Å². The molecule has 1 unspecified atom stereocenters. The zero-order valence-electron chi connectivity index (χ0n) is 18.1. The number of hydrogen-bond acceptors (Lipinski definition) is 5. The number of carbonyl (C=O) groups is 1. The summed E-state index contributed by atoms with van der Waals surface area (Å²) >= 11 is 0. The van der Waals surface area contributed by atoms with E-state index in [1.165, 1.54) is 36.4 Å². The van der Waals surface area contributed by atoms with E-state index in [9.17, 15) is 26.4 Å². The molecule has 178 valence electrons. The number of carbonyl (C=O) groups excluding carboxylic acids is 1. The second-order valence-corrected chi connectivity index (χ2v) is 10.3. The lowest BCUT2D eigenvalue weighted by molar-refractivity contribution is -0.170. The van der Waals surface area contributed by atoms with E-state index in [0.717, 1.165) is 0 Å². The molecular formula is C21H24F3N5O3S. The van der Waals surface area contributed by atoms with E-state index in [2.05, 4.69) is 10.2 Å². The summed E-state index contributed by atoms with van der Waals surface area (Å²) in [6.45, 7) is 4.94. The Bertz CT molecular complexity index is 1300. The maximum atomic E-state index is 13.4. The SMILES string of the molecule is CC(C)(C)C(N)CN(C(=O)C(F)(F)F)c1ccc2[nH]nc(-c3cccc(S(N)(=O)=O)c3)c2c1. The lowest BCUT2D eigenvalue weighted by atomic mass is 9.87. The fourth-order valence-corrected chi connectivity index (χ4v) is 3.70. The Morgan fingerprint density at radius 1 is 1.15 bits per heavy atom. The lowest BCUT2D eigenvalue weighted by Crippen LogP contribution is -2.51. The third-order valence-corrected chi connectivity index (χ3v) is 6.18. The molecule has 0 aliphatic rings. The molecule has 0 radical (unpaired) electrons. The quantitative estimate of drug-likeness (QED) is 0.512. The van der Waals surface area contributed by atoms with Gasteiger partial charge < -0.3 is 10.6 Å². The van der Waals surface area contributed by atoms with Gasteiger partial charge in [0.15, 0.2) is 0 Å². The third kappa shape index (κ3) is 5.34. The Hall–Kier alpha value is -2.96. The monoisotopic (exact) mass is 483 g/mol. The Morgan fingerprint density at radius 2 is 1.82 bits per heavy atom. The van der Waals surface area contributed by atoms with E-state index >= 15 is 0 Å². The second-order valence-electron chi connectivity index (χ2n) is 8.76. The molecule has 2 aromatic carbocycles. The Kier molecular flexibility index (Phi) is 6.30. The molecule has 0 saturated heterocycles. The van der Waals surface area contributed by atoms with Gasteiger partial charge in [0.2, 0.25) is 10.0 Å². The summed E-state index contributed by atoms with van der Waals surface area (Å²) in [4.78, 5) is 12.7. The smallest absolute Gasteiger partial charge is 0.326 e. The molecule has 5 N–H and O–H groups in total. The van der Waals surface area contributed by atoms with Crippen molar-refractivity contribution >= 4 is 32.5 Å². The first-order chi connectivity index (χ1) is 15.1. The summed E-state index contributed by atoms with van der Waals surface area (Å²) in [6.07, 6.45) is -5.10. The van der Waals surface area contributed by atoms with Crippen LogP contribution in [0.3, 0.4) is 0 Å². The highest BCUT2D eigenvalue weighted by Gasteiger charge is 2.44. The number of amides is 1. The molecule has 1 aromatic heterocycles. The van der Waals surface area contributed by atoms with Gasteiger partial charge in [0, 0.05) is 29.2 Å². The molecule has 0 bridgehead atoms. The van der Waals surface area contributed by atoms with Gasteiger partial charge >= 0.3 is 12.1 Å². The summed E-state index contributed by atoms with van der Waals surface area (Å²) in [7, 11) is -3.98. The number of nitrogens with one attached hydrogen (secondary N) is 1. The van der Waals surface area contributed by atoms with Crippen molar-refractivity contribution < 1.29 is 26.4 Å². The number of H-pyrrole nitrogens is 1. The summed E-state index contributed by atoms with van der Waals surface area (Å²) in [5.74, 6) is -2.04. The molecule has 0 spiro atoms. The fourth-order valence-electron chi connectivity index (χ4n) is 3.14. The number of aromatic nitrogens is 2. The first kappa shape index (κ1) is 24.7. The van der Waals surface area contributed by atoms with Crippen LogP contribution in [0.15, 0.2) is 47.4 Å². The zero-order valence-corrected chi connectivity index (χ0v) is 19.0. The number of anilines is 1. The fraction of sp³-hybridized carbons (Fsp3) is 0.333. The molecule has 3 aromatic rings. The minimum atomic E-state index is -5.10. The van der Waals surface area contributed by atoms with Crippen molar-refractivity contribution in [2.24, 2.45) is 16.3 Å². The normalized spacial score (nSPS) is 13.8. The van der Waals surface area contributed by atoms with E-state index in [1.54, 1.807) is 26.8 Å². The van der Waals surface area contributed by atoms with Crippen molar-refractivity contribution in [2.75, 3.05) is 11.4 Å². The molecule has 33 heavy (non-hydrogen) atoms. The van der Waals surface area contributed by atoms with Crippen LogP contribution in [-0.4, -0.2) is 43.3 Å². The number of halogens is 3. The molecule has 8 nitrogen and oxygen atoms in total. The standard InChI is InChI=1S/C21H24F3N5O3S/c1-20(2,3)17(25)11-29(19(30)21(22,23)24)13-7-8-16-15(10-13)18(28-27-16)12-5-4-6-14(9-12)33(26,31)32/h4-10,17H,11,25H2,1-3H3,(H,27,28)(H2,26,31,32). The largest absolute Gasteiger partial charge is 0.471 e. The summed E-state index contributed by atoms with van der Waals surface area (Å²) in [5.41, 5.74) is 6.67. The summed E-state index contributed by atoms with van der Waals surface area (Å²) in [6, 6.07) is 9.19. The number of nitrogens with zero attached hydrogens (tertiary/aromatic N) is 2. The van der Waals surface area contributed by atoms with Crippen molar-refractivity contribution in [3.8, 4) is 11.3 Å². The predicted octanol–water partition coefficient (Wildman–Crippen LogP) is 3.15. The molecule has 3 rings (SSSR count). The average molecular weight is 484 g/mol. The van der Waals surface area contributed by atoms with Crippen molar-refractivity contribution in [3.05, 3.63) is 42.5 Å². The first-order valence-electron chi connectivity index (χ1n) is 9.84. The van der Waals surface area contributed by atoms with Crippen molar-refractivity contribution in [3.63, 3.8) is 0 Å². The van der Waals surface area contributed by atoms with Gasteiger partial charge in [-0.3, -0.25) is 9.89 Å². The lowest BCUT2D eigenvalue weighted by Gasteiger charge is -2.33. The van der Waals surface area contributed by atoms with Gasteiger partial charge in [-0.1, -0.05) is 32.9 Å². The molecule has 0 saturated carbocycles. The summed E-state index contributed by atoms with van der Waals surface area (Å²) in [5, 5.41) is 12.5. The molecule has 0 fully saturated rings. The van der Waals surface area contributed by atoms with Crippen LogP contribution in [0.2, 0.25) is 0 Å². The maximum absolute atomic E-state index is 13.4. The number of hydrogen-bond donors (Lipinski definition) is 3. The van der Waals surface area contributed by atoms with Crippen LogP contribution in [0, 0.1) is 5.41 Å². The Balaban J connectivity index is 2.13. The zero-order chi connectivity index (χ0) is 24.8. The highest BCUT2D eigenvalue weighted by atomic mass is 32.2. The van der Waals surface area contributed by atoms with E-state index in [4.69, 9.17) is 10.9 Å². The highest BCUT2D eigenvalue weighted by molar-refractivity contribution is 7.89. The van der Waals surface area contributed by atoms with E-state index in [0.29, 0.717) is 21.4 Å². The van der Waals surface area contributed by atoms with E-state index < -0.39 is 33.6 Å². The van der Waals surface area contributed by atoms with Gasteiger partial charge in [0.25, 0.3) is 0 Å². The number of rotatable bonds is 5. The van der Waals surface area contributed by atoms with E-state index in [1.807, 2.05) is 0 Å². The van der Waals surface area contributed by atoms with Crippen LogP contribution in [0.25, 0.3) is 22.2 Å². The highest BCUT2D eigenvalue weighted by Crippen LogP contribution is 2.33. The van der Waals surface area contributed by atoms with Crippen LogP contribution in [0.5, 0.6) is 0 Å². The Morgan fingerprint density at radius 3 is 2.39 bits per heavy atom. The molecule has 1 atom stereocenters. The van der Waals surface area contributed by atoms with E-state index in [-0.39, 0.29) is 22.8 Å². The van der Waals surface area contributed by atoms with Crippen LogP contribution in [-0.2, 0) is 14.8 Å². The van der Waals surface area contributed by atoms with Gasteiger partial charge in [-0.05, 0) is 35.7 Å². The number of nitrogens with two attached hydrogens (primary N) is 2. The minimum Gasteiger partial charge on any atom is -0.326 e. The first-order valence-corrected chi connectivity index (χ1v) is 11.4. The van der Waals surface area contributed by atoms with Crippen LogP contribution >= 0.6 is 0 Å². The van der Waals surface area contributed by atoms with Gasteiger partial charge in [-0.2, -0.15) is 18.3 Å². The molecule has 1 amide bonds. The average Bonchev–Trinajstić information content (AvgIpc) is 3.12. The van der Waals surface area contributed by atoms with Crippen LogP contribution in [0.4, 0.5) is 18.9 Å². The van der Waals surface area contributed by atoms with Gasteiger partial charge in [0.05, 0.1) is 10.4 Å². The number of benzene rings is 2. The molecule has 0 aliphatic carbocycles. The number of alkyl halides is 3. The van der Waals surface area contributed by atoms with Crippen LogP contribution in [0.1, 0.15) is 20.8 Å². The van der Waals surface area contributed by atoms with Crippen LogP contribution < -0.4 is 15.8 Å². The number of primary sulfonamides is 1. The minimum absolute atomic E-state index is 0.0187. The van der Waals surface area contributed by atoms with Crippen molar-refractivity contribution in [1.29, 1.82) is 0 Å². The predicted molar refractivity (Wildman–Crippen MR) is 119 cm³/mol. The van der Waals surface area contributed by atoms with Crippen molar-refractivity contribution in [1.82, 2.24) is 10.2 Å². The summed E-state index contributed by atoms with van der Waals surface area (Å²) < 4.78 is 63.5. The second kappa shape index (κ2) is 8.43. The number of sulfonamides is 1. The van der Waals surface area contributed by atoms with Gasteiger partial charge in [-0.15, -0.1) is 0 Å². The Labute approximate surface area is 188 Å².